The molecule has 6 heteroatoms. The van der Waals surface area contributed by atoms with Crippen LogP contribution in [0.1, 0.15) is 20.3 Å². The zero-order valence-corrected chi connectivity index (χ0v) is 9.55. The van der Waals surface area contributed by atoms with Crippen LogP contribution in [0.5, 0.6) is 0 Å². The summed E-state index contributed by atoms with van der Waals surface area (Å²) in [5.74, 6) is 0. The molecule has 0 amide bonds. The molecule has 5 nitrogen and oxygen atoms in total. The molecule has 0 aliphatic carbocycles. The van der Waals surface area contributed by atoms with Crippen molar-refractivity contribution in [1.29, 1.82) is 0 Å². The molecular formula is C8H17N2O3P. The van der Waals surface area contributed by atoms with Crippen molar-refractivity contribution in [3.8, 4) is 0 Å². The van der Waals surface area contributed by atoms with Crippen LogP contribution in [0.4, 0.5) is 0 Å². The molecule has 1 N–H and O–H groups in total. The lowest BCUT2D eigenvalue weighted by molar-refractivity contribution is 0.223. The average molecular weight is 220 g/mol. The topological polar surface area (TPSA) is 59.9 Å². The van der Waals surface area contributed by atoms with E-state index in [2.05, 4.69) is 10.5 Å². The highest BCUT2D eigenvalue weighted by Crippen LogP contribution is 2.48. The van der Waals surface area contributed by atoms with Crippen molar-refractivity contribution in [1.82, 2.24) is 5.43 Å². The lowest BCUT2D eigenvalue weighted by Crippen LogP contribution is -2.08. The lowest BCUT2D eigenvalue weighted by atomic mass is 10.3. The Bertz CT molecular complexity index is 245. The molecule has 0 fully saturated rings. The van der Waals surface area contributed by atoms with Gasteiger partial charge in [-0.1, -0.05) is 0 Å². The Balaban J connectivity index is 2.53. The largest absolute Gasteiger partial charge is 0.336 e. The first-order chi connectivity index (χ1) is 6.70. The van der Waals surface area contributed by atoms with E-state index in [0.717, 1.165) is 18.7 Å². The molecule has 1 rings (SSSR count). The van der Waals surface area contributed by atoms with Crippen molar-refractivity contribution < 1.29 is 13.6 Å². The molecular weight excluding hydrogens is 203 g/mol. The molecule has 1 heterocycles. The molecule has 0 unspecified atom stereocenters. The molecule has 0 atom stereocenters. The first-order valence-corrected chi connectivity index (χ1v) is 6.59. The van der Waals surface area contributed by atoms with Gasteiger partial charge < -0.3 is 14.5 Å². The third-order valence-corrected chi connectivity index (χ3v) is 3.85. The van der Waals surface area contributed by atoms with Gasteiger partial charge >= 0.3 is 7.60 Å². The molecule has 0 aromatic heterocycles. The van der Waals surface area contributed by atoms with Crippen molar-refractivity contribution in [2.45, 2.75) is 20.3 Å². The molecule has 82 valence electrons. The van der Waals surface area contributed by atoms with E-state index < -0.39 is 7.60 Å². The van der Waals surface area contributed by atoms with E-state index in [1.54, 1.807) is 13.8 Å². The van der Waals surface area contributed by atoms with Crippen LogP contribution in [0, 0.1) is 0 Å². The Labute approximate surface area is 84.4 Å². The summed E-state index contributed by atoms with van der Waals surface area (Å²) in [7, 11) is -2.94. The molecule has 0 saturated heterocycles. The second kappa shape index (κ2) is 5.49. The van der Waals surface area contributed by atoms with Gasteiger partial charge in [-0.2, -0.15) is 5.10 Å². The number of nitrogens with one attached hydrogen (secondary N) is 1. The maximum Gasteiger partial charge on any atom is 0.336 e. The van der Waals surface area contributed by atoms with Gasteiger partial charge in [0.15, 0.2) is 0 Å². The Morgan fingerprint density at radius 2 is 2.07 bits per heavy atom. The normalized spacial score (nSPS) is 16.6. The molecule has 14 heavy (non-hydrogen) atoms. The molecule has 0 saturated carbocycles. The predicted molar refractivity (Wildman–Crippen MR) is 55.8 cm³/mol. The van der Waals surface area contributed by atoms with Crippen LogP contribution in [-0.2, 0) is 13.6 Å². The first kappa shape index (κ1) is 11.7. The van der Waals surface area contributed by atoms with Gasteiger partial charge in [0.2, 0.25) is 0 Å². The summed E-state index contributed by atoms with van der Waals surface area (Å²) in [6.45, 7) is 5.23. The van der Waals surface area contributed by atoms with Gasteiger partial charge in [-0.25, -0.2) is 0 Å². The number of hydrazone groups is 1. The lowest BCUT2D eigenvalue weighted by Gasteiger charge is -2.16. The molecule has 0 bridgehead atoms. The summed E-state index contributed by atoms with van der Waals surface area (Å²) >= 11 is 0. The molecule has 0 spiro atoms. The summed E-state index contributed by atoms with van der Waals surface area (Å²) in [5.41, 5.74) is 3.71. The van der Waals surface area contributed by atoms with Crippen LogP contribution in [0.2, 0.25) is 0 Å². The highest BCUT2D eigenvalue weighted by Gasteiger charge is 2.27. The fourth-order valence-electron chi connectivity index (χ4n) is 1.28. The van der Waals surface area contributed by atoms with Gasteiger partial charge in [0.25, 0.3) is 0 Å². The zero-order valence-electron chi connectivity index (χ0n) is 8.65. The minimum atomic E-state index is -2.94. The van der Waals surface area contributed by atoms with Gasteiger partial charge in [0.1, 0.15) is 0 Å². The van der Waals surface area contributed by atoms with Gasteiger partial charge in [0, 0.05) is 13.0 Å². The highest BCUT2D eigenvalue weighted by atomic mass is 31.2. The fourth-order valence-corrected chi connectivity index (χ4v) is 3.00. The summed E-state index contributed by atoms with van der Waals surface area (Å²) < 4.78 is 22.3. The molecule has 0 aromatic rings. The number of nitrogens with zero attached hydrogens (tertiary/aromatic N) is 1. The zero-order chi connectivity index (χ0) is 10.4. The van der Waals surface area contributed by atoms with Crippen LogP contribution in [0.25, 0.3) is 0 Å². The van der Waals surface area contributed by atoms with Crippen molar-refractivity contribution in [2.24, 2.45) is 5.10 Å². The van der Waals surface area contributed by atoms with Crippen LogP contribution in [-0.4, -0.2) is 31.6 Å². The van der Waals surface area contributed by atoms with Gasteiger partial charge in [-0.05, 0) is 13.8 Å². The Morgan fingerprint density at radius 3 is 2.50 bits per heavy atom. The van der Waals surface area contributed by atoms with Crippen molar-refractivity contribution in [3.05, 3.63) is 0 Å². The fraction of sp³-hybridized carbons (Fsp3) is 0.875. The average Bonchev–Trinajstić information content (AvgIpc) is 2.57. The van der Waals surface area contributed by atoms with E-state index in [1.165, 1.54) is 0 Å². The third-order valence-electron chi connectivity index (χ3n) is 1.79. The van der Waals surface area contributed by atoms with Crippen LogP contribution in [0.15, 0.2) is 5.10 Å². The summed E-state index contributed by atoms with van der Waals surface area (Å²) in [5, 5.41) is 4.02. The second-order valence-electron chi connectivity index (χ2n) is 2.94. The van der Waals surface area contributed by atoms with Crippen molar-refractivity contribution >= 4 is 13.3 Å². The first-order valence-electron chi connectivity index (χ1n) is 4.86. The molecule has 1 aliphatic rings. The number of hydrogen-bond donors (Lipinski definition) is 1. The summed E-state index contributed by atoms with van der Waals surface area (Å²) in [4.78, 5) is 0. The quantitative estimate of drug-likeness (QED) is 0.691. The minimum Gasteiger partial charge on any atom is -0.310 e. The minimum absolute atomic E-state index is 0.307. The van der Waals surface area contributed by atoms with Crippen LogP contribution >= 0.6 is 7.60 Å². The van der Waals surface area contributed by atoms with Gasteiger partial charge in [-0.15, -0.1) is 0 Å². The Morgan fingerprint density at radius 1 is 1.43 bits per heavy atom. The molecule has 0 aromatic carbocycles. The summed E-state index contributed by atoms with van der Waals surface area (Å²) in [6.07, 6.45) is 1.13. The van der Waals surface area contributed by atoms with Crippen LogP contribution < -0.4 is 5.43 Å². The van der Waals surface area contributed by atoms with E-state index in [4.69, 9.17) is 9.05 Å². The van der Waals surface area contributed by atoms with E-state index >= 15 is 0 Å². The molecule has 0 radical (unpaired) electrons. The maximum atomic E-state index is 12.0. The van der Waals surface area contributed by atoms with E-state index in [9.17, 15) is 4.57 Å². The van der Waals surface area contributed by atoms with Crippen molar-refractivity contribution in [2.75, 3.05) is 25.9 Å². The highest BCUT2D eigenvalue weighted by molar-refractivity contribution is 7.54. The van der Waals surface area contributed by atoms with Gasteiger partial charge in [0.05, 0.1) is 25.1 Å². The van der Waals surface area contributed by atoms with Crippen molar-refractivity contribution in [3.63, 3.8) is 0 Å². The van der Waals surface area contributed by atoms with Gasteiger partial charge in [-0.3, -0.25) is 4.57 Å². The SMILES string of the molecule is CCOP(=O)(CC1=NNCC1)OCC. The third kappa shape index (κ3) is 3.40. The Hall–Kier alpha value is -0.380. The van der Waals surface area contributed by atoms with E-state index in [1.807, 2.05) is 0 Å². The standard InChI is InChI=1S/C8H17N2O3P/c1-3-12-14(11,13-4-2)7-8-5-6-9-10-8/h9H,3-7H2,1-2H3. The number of rotatable bonds is 6. The van der Waals surface area contributed by atoms with E-state index in [0.29, 0.717) is 19.4 Å². The number of hydrogen-bond acceptors (Lipinski definition) is 5. The molecule has 1 aliphatic heterocycles. The van der Waals surface area contributed by atoms with E-state index in [-0.39, 0.29) is 0 Å². The second-order valence-corrected chi connectivity index (χ2v) is 5.00. The Kier molecular flexibility index (Phi) is 4.58. The maximum absolute atomic E-state index is 12.0. The van der Waals surface area contributed by atoms with Crippen LogP contribution in [0.3, 0.4) is 0 Å². The monoisotopic (exact) mass is 220 g/mol. The summed E-state index contributed by atoms with van der Waals surface area (Å²) in [6, 6.07) is 0. The predicted octanol–water partition coefficient (Wildman–Crippen LogP) is 1.60. The smallest absolute Gasteiger partial charge is 0.310 e.